The Morgan fingerprint density at radius 3 is 2.16 bits per heavy atom. The zero-order valence-electron chi connectivity index (χ0n) is 55.4. The molecule has 1 aromatic carbocycles. The number of likely N-dealkylation sites (N-methyl/N-ethyl adjacent to an activating group) is 2. The van der Waals surface area contributed by atoms with Gasteiger partial charge >= 0.3 is 17.9 Å². The second kappa shape index (κ2) is 45.6. The molecule has 4 N–H and O–H groups in total. The molecule has 2 aromatic rings. The van der Waals surface area contributed by atoms with E-state index < -0.39 is 60.2 Å². The van der Waals surface area contributed by atoms with E-state index >= 15 is 0 Å². The van der Waals surface area contributed by atoms with Crippen molar-refractivity contribution < 1.29 is 71.5 Å². The number of carbonyl (C=O) groups is 8. The van der Waals surface area contributed by atoms with Gasteiger partial charge in [0.05, 0.1) is 18.8 Å². The molecule has 3 rings (SSSR count). The summed E-state index contributed by atoms with van der Waals surface area (Å²) in [5.41, 5.74) is 0.946. The number of thiazole rings is 1. The number of carbonyl (C=O) groups excluding carboxylic acids is 8. The molecular formula is C66H107FN6O14S3. The van der Waals surface area contributed by atoms with Crippen LogP contribution in [0.2, 0.25) is 0 Å². The molecule has 90 heavy (non-hydrogen) atoms. The maximum Gasteiger partial charge on any atom is 0.325 e. The minimum atomic E-state index is -0.889. The van der Waals surface area contributed by atoms with Gasteiger partial charge in [-0.15, -0.1) is 11.3 Å². The first kappa shape index (κ1) is 79.5. The fourth-order valence-corrected chi connectivity index (χ4v) is 13.6. The van der Waals surface area contributed by atoms with Crippen LogP contribution in [0, 0.1) is 29.5 Å². The lowest BCUT2D eigenvalue weighted by molar-refractivity contribution is -0.194. The Kier molecular flexibility index (Phi) is 40.2. The van der Waals surface area contributed by atoms with E-state index in [1.54, 1.807) is 58.0 Å². The van der Waals surface area contributed by atoms with E-state index in [2.05, 4.69) is 16.0 Å². The van der Waals surface area contributed by atoms with E-state index in [0.29, 0.717) is 43.0 Å². The van der Waals surface area contributed by atoms with E-state index in [9.17, 15) is 47.9 Å². The molecule has 4 amide bonds. The molecular weight excluding hydrogens is 1220 g/mol. The molecule has 1 aliphatic rings. The fourth-order valence-electron chi connectivity index (χ4n) is 10.8. The van der Waals surface area contributed by atoms with Gasteiger partial charge in [0, 0.05) is 82.2 Å². The van der Waals surface area contributed by atoms with Crippen molar-refractivity contribution in [2.45, 2.75) is 220 Å². The quantitative estimate of drug-likeness (QED) is 0.0120. The predicted octanol–water partition coefficient (Wildman–Crippen LogP) is 10.4. The van der Waals surface area contributed by atoms with Crippen LogP contribution in [0.5, 0.6) is 0 Å². The summed E-state index contributed by atoms with van der Waals surface area (Å²) in [6.45, 7) is 13.9. The number of nitrogens with one attached hydrogen (secondary N) is 3. The first-order valence-corrected chi connectivity index (χ1v) is 36.0. The van der Waals surface area contributed by atoms with Gasteiger partial charge in [0.2, 0.25) is 23.6 Å². The van der Waals surface area contributed by atoms with Gasteiger partial charge in [0.1, 0.15) is 42.3 Å². The SMILES string of the molecule is CCC(CO)OC(COC(=O)CCCC(=O)NCCCCCCCCCCCSSCCOC(=O)CNC(=O)[C@@H](C)C[C@@H](CC(=O)c1csc([C@@H](C[C@H](C(C)C)N(C)C(=O)C(NC(=O)[C@H]2CCCCN2C)[C@@H](C)CC)OC(C)=O)n1)Cc1ccc(F)cc1)OC. The summed E-state index contributed by atoms with van der Waals surface area (Å²) in [6.07, 6.45) is 13.6. The molecule has 0 saturated carbocycles. The number of esters is 3. The number of rotatable bonds is 48. The number of ketones is 1. The summed E-state index contributed by atoms with van der Waals surface area (Å²) in [5, 5.41) is 20.0. The van der Waals surface area contributed by atoms with Crippen molar-refractivity contribution in [2.75, 3.05) is 72.2 Å². The van der Waals surface area contributed by atoms with Crippen LogP contribution in [-0.2, 0) is 63.7 Å². The standard InChI is InChI=1S/C66H107FN6O14S3/c1-11-46(5)62(71-64(81)54-25-20-22-33-72(54)8)66(82)73(9)55(45(3)4)40-57(86-48(7)75)65-70-53(44-88-65)56(76)39-50(38-49-28-30-51(67)31-29-49)37-47(6)63(80)69-41-60(79)84-34-36-90-89-35-23-19-17-15-13-14-16-18-21-32-68-58(77)26-24-27-59(78)85-43-61(83-10)87-52(12-2)42-74/h28-31,44-47,50,52,54-55,57,61-62,74H,11-27,32-43H2,1-10H3,(H,68,77)(H,69,80)(H,71,81)/t46-,47-,50+,52?,54+,55+,57+,61?,62?/m0/s1. The average Bonchev–Trinajstić information content (AvgIpc) is 3.55. The van der Waals surface area contributed by atoms with Gasteiger partial charge in [0.25, 0.3) is 0 Å². The van der Waals surface area contributed by atoms with Gasteiger partial charge in [-0.2, -0.15) is 0 Å². The number of hydrogen-bond donors (Lipinski definition) is 4. The first-order chi connectivity index (χ1) is 43.1. The van der Waals surface area contributed by atoms with E-state index in [-0.39, 0.29) is 117 Å². The second-order valence-corrected chi connectivity index (χ2v) is 27.7. The van der Waals surface area contributed by atoms with Crippen LogP contribution < -0.4 is 16.0 Å². The lowest BCUT2D eigenvalue weighted by Crippen LogP contribution is -2.58. The summed E-state index contributed by atoms with van der Waals surface area (Å²) < 4.78 is 41.1. The number of nitrogens with zero attached hydrogens (tertiary/aromatic N) is 3. The largest absolute Gasteiger partial charge is 0.463 e. The number of aliphatic hydroxyl groups is 1. The summed E-state index contributed by atoms with van der Waals surface area (Å²) >= 11 is 1.18. The van der Waals surface area contributed by atoms with Gasteiger partial charge in [0.15, 0.2) is 18.2 Å². The van der Waals surface area contributed by atoms with Crippen LogP contribution >= 0.6 is 32.9 Å². The number of amides is 4. The molecule has 1 saturated heterocycles. The topological polar surface area (TPSA) is 258 Å². The molecule has 9 atom stereocenters. The van der Waals surface area contributed by atoms with Crippen LogP contribution in [0.1, 0.15) is 204 Å². The number of piperidine rings is 1. The lowest BCUT2D eigenvalue weighted by atomic mass is 9.86. The summed E-state index contributed by atoms with van der Waals surface area (Å²) in [6, 6.07) is 4.48. The van der Waals surface area contributed by atoms with Crippen molar-refractivity contribution in [3.63, 3.8) is 0 Å². The molecule has 1 aliphatic heterocycles. The van der Waals surface area contributed by atoms with E-state index in [1.807, 2.05) is 46.6 Å². The number of hydrogen-bond acceptors (Lipinski definition) is 19. The predicted molar refractivity (Wildman–Crippen MR) is 352 cm³/mol. The number of benzene rings is 1. The lowest BCUT2D eigenvalue weighted by Gasteiger charge is -2.38. The van der Waals surface area contributed by atoms with Crippen LogP contribution in [0.4, 0.5) is 4.39 Å². The number of halogens is 1. The highest BCUT2D eigenvalue weighted by molar-refractivity contribution is 8.76. The number of aliphatic hydroxyl groups excluding tert-OH is 1. The number of ether oxygens (including phenoxy) is 5. The Balaban J connectivity index is 1.36. The molecule has 24 heteroatoms. The molecule has 2 heterocycles. The van der Waals surface area contributed by atoms with Crippen molar-refractivity contribution in [3.8, 4) is 0 Å². The van der Waals surface area contributed by atoms with E-state index in [1.165, 1.54) is 56.8 Å². The summed E-state index contributed by atoms with van der Waals surface area (Å²) in [4.78, 5) is 113. The molecule has 0 bridgehead atoms. The van der Waals surface area contributed by atoms with Gasteiger partial charge in [-0.05, 0) is 100 Å². The zero-order chi connectivity index (χ0) is 66.4. The highest BCUT2D eigenvalue weighted by Crippen LogP contribution is 2.33. The minimum absolute atomic E-state index is 0.00252. The third-order valence-electron chi connectivity index (χ3n) is 16.4. The van der Waals surface area contributed by atoms with Crippen molar-refractivity contribution in [1.82, 2.24) is 30.7 Å². The number of methoxy groups -OCH3 is 1. The van der Waals surface area contributed by atoms with Gasteiger partial charge in [-0.25, -0.2) is 9.37 Å². The number of aromatic nitrogens is 1. The summed E-state index contributed by atoms with van der Waals surface area (Å²) in [7, 11) is 8.48. The summed E-state index contributed by atoms with van der Waals surface area (Å²) in [5.74, 6) is -2.68. The Morgan fingerprint density at radius 1 is 0.844 bits per heavy atom. The Bertz CT molecular complexity index is 2440. The van der Waals surface area contributed by atoms with Crippen molar-refractivity contribution in [2.24, 2.45) is 23.7 Å². The van der Waals surface area contributed by atoms with Crippen molar-refractivity contribution in [3.05, 3.63) is 51.7 Å². The third-order valence-corrected chi connectivity index (χ3v) is 19.8. The maximum atomic E-state index is 14.4. The van der Waals surface area contributed by atoms with Crippen molar-refractivity contribution in [1.29, 1.82) is 0 Å². The Labute approximate surface area is 547 Å². The number of Topliss-reactive ketones (excluding diaryl/α,β-unsaturated/α-hetero) is 1. The normalized spacial score (nSPS) is 16.2. The second-order valence-electron chi connectivity index (χ2n) is 24.2. The molecule has 20 nitrogen and oxygen atoms in total. The molecule has 0 spiro atoms. The van der Waals surface area contributed by atoms with Crippen LogP contribution in [0.25, 0.3) is 0 Å². The number of unbranched alkanes of at least 4 members (excludes halogenated alkanes) is 8. The van der Waals surface area contributed by atoms with Gasteiger partial charge in [-0.1, -0.05) is 133 Å². The van der Waals surface area contributed by atoms with Crippen LogP contribution in [0.3, 0.4) is 0 Å². The van der Waals surface area contributed by atoms with Gasteiger partial charge in [-0.3, -0.25) is 43.3 Å². The highest BCUT2D eigenvalue weighted by atomic mass is 33.1. The molecule has 510 valence electrons. The fraction of sp³-hybridized carbons (Fsp3) is 0.742. The minimum Gasteiger partial charge on any atom is -0.463 e. The number of likely N-dealkylation sites (tertiary alicyclic amines) is 1. The average molecular weight is 1320 g/mol. The monoisotopic (exact) mass is 1320 g/mol. The Morgan fingerprint density at radius 2 is 1.52 bits per heavy atom. The molecule has 1 aromatic heterocycles. The van der Waals surface area contributed by atoms with E-state index in [0.717, 1.165) is 75.6 Å². The van der Waals surface area contributed by atoms with Gasteiger partial charge < -0.3 is 49.6 Å². The maximum absolute atomic E-state index is 14.4. The third kappa shape index (κ3) is 31.7. The first-order valence-electron chi connectivity index (χ1n) is 32.7. The van der Waals surface area contributed by atoms with Crippen LogP contribution in [0.15, 0.2) is 29.6 Å². The van der Waals surface area contributed by atoms with Crippen LogP contribution in [-0.4, -0.2) is 170 Å². The zero-order valence-corrected chi connectivity index (χ0v) is 57.8. The van der Waals surface area contributed by atoms with E-state index in [4.69, 9.17) is 28.7 Å². The Hall–Kier alpha value is -4.72. The molecule has 1 fully saturated rings. The molecule has 3 unspecified atom stereocenters. The van der Waals surface area contributed by atoms with Crippen molar-refractivity contribution >= 4 is 80.2 Å². The smallest absolute Gasteiger partial charge is 0.325 e. The highest BCUT2D eigenvalue weighted by Gasteiger charge is 2.38. The molecule has 0 radical (unpaired) electrons. The molecule has 0 aliphatic carbocycles.